The molecule has 1 aromatic rings. The number of Topliss-reactive ketones (excluding diaryl/α,β-unsaturated/α-hetero) is 1. The van der Waals surface area contributed by atoms with E-state index >= 15 is 0 Å². The topological polar surface area (TPSA) is 61.1 Å². The smallest absolute Gasteiger partial charge is 0.416 e. The van der Waals surface area contributed by atoms with Gasteiger partial charge in [-0.25, -0.2) is 0 Å². The predicted molar refractivity (Wildman–Crippen MR) is 57.3 cm³/mol. The van der Waals surface area contributed by atoms with E-state index in [2.05, 4.69) is 0 Å². The first-order valence-electron chi connectivity index (χ1n) is 4.79. The normalized spacial score (nSPS) is 12.6. The van der Waals surface area contributed by atoms with Gasteiger partial charge in [0.05, 0.1) is 5.56 Å². The lowest BCUT2D eigenvalue weighted by Gasteiger charge is -2.07. The first-order chi connectivity index (χ1) is 8.27. The number of rotatable bonds is 2. The van der Waals surface area contributed by atoms with E-state index in [1.165, 1.54) is 6.07 Å². The molecular formula is C12H8F3NO2. The maximum Gasteiger partial charge on any atom is 0.416 e. The van der Waals surface area contributed by atoms with E-state index in [0.29, 0.717) is 0 Å². The molecule has 0 amide bonds. The van der Waals surface area contributed by atoms with Crippen LogP contribution in [0.4, 0.5) is 13.2 Å². The van der Waals surface area contributed by atoms with E-state index in [4.69, 9.17) is 5.26 Å². The number of allylic oxidation sites excluding steroid dienone is 1. The molecule has 3 nitrogen and oxygen atoms in total. The second kappa shape index (κ2) is 4.92. The molecular weight excluding hydrogens is 247 g/mol. The number of carbonyl (C=O) groups is 1. The standard InChI is InChI=1S/C12H8F3NO2/c1-7(17)10(6-16)11(18)8-2-4-9(5-3-8)12(13,14)15/h2-5,18H,1H3. The summed E-state index contributed by atoms with van der Waals surface area (Å²) in [6, 6.07) is 5.03. The number of ketones is 1. The highest BCUT2D eigenvalue weighted by molar-refractivity contribution is 6.03. The van der Waals surface area contributed by atoms with Crippen LogP contribution in [-0.4, -0.2) is 10.9 Å². The van der Waals surface area contributed by atoms with Crippen molar-refractivity contribution in [3.05, 3.63) is 41.0 Å². The lowest BCUT2D eigenvalue weighted by molar-refractivity contribution is -0.137. The highest BCUT2D eigenvalue weighted by Gasteiger charge is 2.30. The Labute approximate surface area is 101 Å². The Hall–Kier alpha value is -2.29. The average molecular weight is 255 g/mol. The van der Waals surface area contributed by atoms with Crippen LogP contribution < -0.4 is 0 Å². The number of benzene rings is 1. The first kappa shape index (κ1) is 13.8. The summed E-state index contributed by atoms with van der Waals surface area (Å²) in [5.41, 5.74) is -1.38. The average Bonchev–Trinajstić information content (AvgIpc) is 2.28. The number of alkyl halides is 3. The highest BCUT2D eigenvalue weighted by Crippen LogP contribution is 2.30. The van der Waals surface area contributed by atoms with Crippen LogP contribution in [-0.2, 0) is 11.0 Å². The fraction of sp³-hybridized carbons (Fsp3) is 0.167. The maximum absolute atomic E-state index is 12.3. The second-order valence-corrected chi connectivity index (χ2v) is 3.47. The monoisotopic (exact) mass is 255 g/mol. The quantitative estimate of drug-likeness (QED) is 0.501. The number of carbonyl (C=O) groups excluding carboxylic acids is 1. The van der Waals surface area contributed by atoms with Gasteiger partial charge in [0.15, 0.2) is 5.78 Å². The fourth-order valence-electron chi connectivity index (χ4n) is 1.26. The summed E-state index contributed by atoms with van der Waals surface area (Å²) < 4.78 is 36.9. The van der Waals surface area contributed by atoms with Crippen molar-refractivity contribution >= 4 is 11.5 Å². The Bertz CT molecular complexity index is 536. The Balaban J connectivity index is 3.22. The van der Waals surface area contributed by atoms with Gasteiger partial charge in [-0.3, -0.25) is 4.79 Å². The zero-order valence-electron chi connectivity index (χ0n) is 9.25. The molecule has 94 valence electrons. The van der Waals surface area contributed by atoms with E-state index < -0.39 is 28.9 Å². The van der Waals surface area contributed by atoms with Gasteiger partial charge in [-0.2, -0.15) is 18.4 Å². The van der Waals surface area contributed by atoms with Gasteiger partial charge in [0.2, 0.25) is 0 Å². The van der Waals surface area contributed by atoms with Gasteiger partial charge >= 0.3 is 6.18 Å². The molecule has 1 aromatic carbocycles. The predicted octanol–water partition coefficient (Wildman–Crippen LogP) is 3.09. The Morgan fingerprint density at radius 1 is 1.28 bits per heavy atom. The molecule has 0 fully saturated rings. The Morgan fingerprint density at radius 2 is 1.78 bits per heavy atom. The van der Waals surface area contributed by atoms with E-state index in [-0.39, 0.29) is 5.56 Å². The number of nitriles is 1. The molecule has 0 unspecified atom stereocenters. The minimum absolute atomic E-state index is 0.0188. The van der Waals surface area contributed by atoms with Crippen molar-refractivity contribution in [3.63, 3.8) is 0 Å². The van der Waals surface area contributed by atoms with E-state index in [1.807, 2.05) is 0 Å². The number of hydrogen-bond donors (Lipinski definition) is 1. The van der Waals surface area contributed by atoms with E-state index in [0.717, 1.165) is 31.2 Å². The molecule has 0 radical (unpaired) electrons. The van der Waals surface area contributed by atoms with Gasteiger partial charge in [0, 0.05) is 12.5 Å². The molecule has 0 aliphatic rings. The third-order valence-electron chi connectivity index (χ3n) is 2.19. The lowest BCUT2D eigenvalue weighted by Crippen LogP contribution is -2.05. The van der Waals surface area contributed by atoms with Crippen LogP contribution in [0.25, 0.3) is 5.76 Å². The summed E-state index contributed by atoms with van der Waals surface area (Å²) in [5, 5.41) is 18.2. The van der Waals surface area contributed by atoms with Gasteiger partial charge in [0.1, 0.15) is 17.4 Å². The summed E-state index contributed by atoms with van der Waals surface area (Å²) in [6.45, 7) is 1.08. The van der Waals surface area contributed by atoms with Crippen molar-refractivity contribution in [2.24, 2.45) is 0 Å². The molecule has 0 aromatic heterocycles. The summed E-state index contributed by atoms with van der Waals surface area (Å²) in [4.78, 5) is 11.0. The van der Waals surface area contributed by atoms with Crippen molar-refractivity contribution < 1.29 is 23.1 Å². The molecule has 0 saturated carbocycles. The molecule has 0 heterocycles. The number of aliphatic hydroxyl groups is 1. The van der Waals surface area contributed by atoms with Crippen molar-refractivity contribution in [2.75, 3.05) is 0 Å². The molecule has 0 atom stereocenters. The molecule has 1 rings (SSSR count). The molecule has 6 heteroatoms. The minimum Gasteiger partial charge on any atom is -0.506 e. The van der Waals surface area contributed by atoms with E-state index in [9.17, 15) is 23.1 Å². The highest BCUT2D eigenvalue weighted by atomic mass is 19.4. The van der Waals surface area contributed by atoms with E-state index in [1.54, 1.807) is 0 Å². The molecule has 0 aliphatic heterocycles. The van der Waals surface area contributed by atoms with Crippen molar-refractivity contribution in [1.82, 2.24) is 0 Å². The van der Waals surface area contributed by atoms with Gasteiger partial charge in [-0.05, 0) is 12.1 Å². The third kappa shape index (κ3) is 2.88. The van der Waals surface area contributed by atoms with Crippen molar-refractivity contribution in [2.45, 2.75) is 13.1 Å². The zero-order chi connectivity index (χ0) is 13.9. The van der Waals surface area contributed by atoms with Crippen LogP contribution in [0.15, 0.2) is 29.8 Å². The summed E-state index contributed by atoms with van der Waals surface area (Å²) in [6.07, 6.45) is -4.48. The largest absolute Gasteiger partial charge is 0.506 e. The third-order valence-corrected chi connectivity index (χ3v) is 2.19. The van der Waals surface area contributed by atoms with Crippen molar-refractivity contribution in [3.8, 4) is 6.07 Å². The van der Waals surface area contributed by atoms with Crippen LogP contribution in [0.1, 0.15) is 18.1 Å². The van der Waals surface area contributed by atoms with Gasteiger partial charge < -0.3 is 5.11 Å². The maximum atomic E-state index is 12.3. The zero-order valence-corrected chi connectivity index (χ0v) is 9.25. The molecule has 18 heavy (non-hydrogen) atoms. The number of hydrogen-bond acceptors (Lipinski definition) is 3. The number of halogens is 3. The first-order valence-corrected chi connectivity index (χ1v) is 4.79. The van der Waals surface area contributed by atoms with Crippen LogP contribution in [0, 0.1) is 11.3 Å². The molecule has 1 N–H and O–H groups in total. The van der Waals surface area contributed by atoms with Gasteiger partial charge in [-0.15, -0.1) is 0 Å². The van der Waals surface area contributed by atoms with Gasteiger partial charge in [0.25, 0.3) is 0 Å². The minimum atomic E-state index is -4.48. The lowest BCUT2D eigenvalue weighted by atomic mass is 10.0. The van der Waals surface area contributed by atoms with Gasteiger partial charge in [-0.1, -0.05) is 12.1 Å². The van der Waals surface area contributed by atoms with Crippen molar-refractivity contribution in [1.29, 1.82) is 5.26 Å². The number of nitrogens with zero attached hydrogens (tertiary/aromatic N) is 1. The van der Waals surface area contributed by atoms with Crippen LogP contribution >= 0.6 is 0 Å². The molecule has 0 saturated heterocycles. The van der Waals surface area contributed by atoms with Crippen LogP contribution in [0.2, 0.25) is 0 Å². The second-order valence-electron chi connectivity index (χ2n) is 3.47. The fourth-order valence-corrected chi connectivity index (χ4v) is 1.26. The SMILES string of the molecule is CC(=O)C(C#N)=C(O)c1ccc(C(F)(F)F)cc1. The Kier molecular flexibility index (Phi) is 3.76. The summed E-state index contributed by atoms with van der Waals surface area (Å²) in [7, 11) is 0. The van der Waals surface area contributed by atoms with Crippen LogP contribution in [0.5, 0.6) is 0 Å². The van der Waals surface area contributed by atoms with Crippen LogP contribution in [0.3, 0.4) is 0 Å². The molecule has 0 aliphatic carbocycles. The number of aliphatic hydroxyl groups excluding tert-OH is 1. The molecule has 0 spiro atoms. The summed E-state index contributed by atoms with van der Waals surface area (Å²) in [5.74, 6) is -1.28. The molecule has 0 bridgehead atoms. The Morgan fingerprint density at radius 3 is 2.11 bits per heavy atom. The summed E-state index contributed by atoms with van der Waals surface area (Å²) >= 11 is 0.